The van der Waals surface area contributed by atoms with E-state index in [1.807, 2.05) is 31.2 Å². The van der Waals surface area contributed by atoms with Crippen LogP contribution in [0.2, 0.25) is 0 Å². The van der Waals surface area contributed by atoms with Gasteiger partial charge in [0.25, 0.3) is 0 Å². The molecule has 1 aromatic carbocycles. The molecule has 1 N–H and O–H groups in total. The molecule has 108 valence electrons. The van der Waals surface area contributed by atoms with Crippen LogP contribution in [0.5, 0.6) is 5.75 Å². The summed E-state index contributed by atoms with van der Waals surface area (Å²) in [4.78, 5) is 0. The van der Waals surface area contributed by atoms with Gasteiger partial charge in [-0.3, -0.25) is 0 Å². The fourth-order valence-corrected chi connectivity index (χ4v) is 3.14. The van der Waals surface area contributed by atoms with Crippen LogP contribution in [0.15, 0.2) is 28.6 Å². The van der Waals surface area contributed by atoms with Crippen LogP contribution in [-0.4, -0.2) is 36.3 Å². The van der Waals surface area contributed by atoms with Gasteiger partial charge in [0.1, 0.15) is 5.75 Å². The Balaban J connectivity index is 1.85. The number of rotatable bonds is 8. The second-order valence-electron chi connectivity index (χ2n) is 3.77. The third-order valence-corrected chi connectivity index (χ3v) is 4.34. The minimum atomic E-state index is 0.738. The molecule has 2 aromatic rings. The number of hydrogen-bond donors (Lipinski definition) is 1. The second-order valence-corrected chi connectivity index (χ2v) is 6.09. The van der Waals surface area contributed by atoms with Gasteiger partial charge in [-0.15, -0.1) is 10.2 Å². The highest BCUT2D eigenvalue weighted by Crippen LogP contribution is 2.28. The van der Waals surface area contributed by atoms with Crippen molar-refractivity contribution in [3.05, 3.63) is 24.3 Å². The summed E-state index contributed by atoms with van der Waals surface area (Å²) < 4.78 is 11.4. The highest BCUT2D eigenvalue weighted by atomic mass is 32.2. The number of nitrogens with zero attached hydrogens (tertiary/aromatic N) is 2. The van der Waals surface area contributed by atoms with Crippen molar-refractivity contribution in [2.75, 3.05) is 31.4 Å². The van der Waals surface area contributed by atoms with Crippen molar-refractivity contribution in [2.45, 2.75) is 11.3 Å². The number of hydrogen-bond acceptors (Lipinski definition) is 7. The summed E-state index contributed by atoms with van der Waals surface area (Å²) in [6.07, 6.45) is 0. The van der Waals surface area contributed by atoms with Crippen LogP contribution >= 0.6 is 23.1 Å². The lowest BCUT2D eigenvalue weighted by Crippen LogP contribution is -1.95. The summed E-state index contributed by atoms with van der Waals surface area (Å²) in [5, 5.41) is 12.3. The van der Waals surface area contributed by atoms with Crippen LogP contribution in [0.4, 0.5) is 10.8 Å². The number of ether oxygens (including phenoxy) is 2. The summed E-state index contributed by atoms with van der Waals surface area (Å²) >= 11 is 3.20. The highest BCUT2D eigenvalue weighted by molar-refractivity contribution is 8.01. The van der Waals surface area contributed by atoms with Crippen molar-refractivity contribution in [2.24, 2.45) is 0 Å². The van der Waals surface area contributed by atoms with Crippen LogP contribution in [0.3, 0.4) is 0 Å². The van der Waals surface area contributed by atoms with Crippen LogP contribution < -0.4 is 10.1 Å². The minimum absolute atomic E-state index is 0.738. The van der Waals surface area contributed by atoms with Crippen LogP contribution in [0.1, 0.15) is 6.92 Å². The van der Waals surface area contributed by atoms with Gasteiger partial charge in [-0.25, -0.2) is 0 Å². The molecule has 2 rings (SSSR count). The standard InChI is InChI=1S/C13H17N3O2S2/c1-3-18-8-9-19-13-16-15-12(20-13)14-10-4-6-11(17-2)7-5-10/h4-7H,3,8-9H2,1-2H3,(H,14,15). The summed E-state index contributed by atoms with van der Waals surface area (Å²) in [6.45, 7) is 3.48. The van der Waals surface area contributed by atoms with Crippen LogP contribution in [0.25, 0.3) is 0 Å². The zero-order valence-corrected chi connectivity index (χ0v) is 13.1. The Kier molecular flexibility index (Phi) is 6.10. The molecule has 0 spiro atoms. The summed E-state index contributed by atoms with van der Waals surface area (Å²) in [6, 6.07) is 7.70. The lowest BCUT2D eigenvalue weighted by molar-refractivity contribution is 0.164. The monoisotopic (exact) mass is 311 g/mol. The largest absolute Gasteiger partial charge is 0.497 e. The number of aromatic nitrogens is 2. The van der Waals surface area contributed by atoms with E-state index < -0.39 is 0 Å². The molecule has 0 aliphatic carbocycles. The molecule has 0 saturated carbocycles. The van der Waals surface area contributed by atoms with Crippen LogP contribution in [0, 0.1) is 0 Å². The van der Waals surface area contributed by atoms with Gasteiger partial charge < -0.3 is 14.8 Å². The van der Waals surface area contributed by atoms with Crippen molar-refractivity contribution in [3.8, 4) is 5.75 Å². The first kappa shape index (κ1) is 15.1. The van der Waals surface area contributed by atoms with E-state index in [1.165, 1.54) is 11.3 Å². The Bertz CT molecular complexity index is 517. The van der Waals surface area contributed by atoms with Gasteiger partial charge in [-0.1, -0.05) is 23.1 Å². The molecule has 0 unspecified atom stereocenters. The molecule has 0 aliphatic rings. The first-order chi connectivity index (χ1) is 9.81. The average molecular weight is 311 g/mol. The van der Waals surface area contributed by atoms with Crippen molar-refractivity contribution >= 4 is 33.9 Å². The van der Waals surface area contributed by atoms with E-state index in [9.17, 15) is 0 Å². The molecule has 0 aliphatic heterocycles. The predicted molar refractivity (Wildman–Crippen MR) is 83.4 cm³/mol. The minimum Gasteiger partial charge on any atom is -0.497 e. The van der Waals surface area contributed by atoms with E-state index in [4.69, 9.17) is 9.47 Å². The molecule has 0 saturated heterocycles. The molecular weight excluding hydrogens is 294 g/mol. The summed E-state index contributed by atoms with van der Waals surface area (Å²) in [5.41, 5.74) is 0.966. The predicted octanol–water partition coefficient (Wildman–Crippen LogP) is 3.42. The molecule has 1 aromatic heterocycles. The van der Waals surface area contributed by atoms with E-state index in [0.717, 1.165) is 39.9 Å². The number of anilines is 2. The molecule has 0 radical (unpaired) electrons. The van der Waals surface area contributed by atoms with Gasteiger partial charge >= 0.3 is 0 Å². The zero-order valence-electron chi connectivity index (χ0n) is 11.5. The SMILES string of the molecule is CCOCCSc1nnc(Nc2ccc(OC)cc2)s1. The van der Waals surface area contributed by atoms with Crippen LogP contribution in [-0.2, 0) is 4.74 Å². The number of methoxy groups -OCH3 is 1. The molecule has 20 heavy (non-hydrogen) atoms. The fourth-order valence-electron chi connectivity index (χ4n) is 1.45. The Morgan fingerprint density at radius 2 is 2.05 bits per heavy atom. The fraction of sp³-hybridized carbons (Fsp3) is 0.385. The molecule has 0 atom stereocenters. The van der Waals surface area contributed by atoms with E-state index in [2.05, 4.69) is 15.5 Å². The van der Waals surface area contributed by atoms with Crippen molar-refractivity contribution in [1.82, 2.24) is 10.2 Å². The molecule has 1 heterocycles. The van der Waals surface area contributed by atoms with Crippen molar-refractivity contribution < 1.29 is 9.47 Å². The molecule has 7 heteroatoms. The van der Waals surface area contributed by atoms with Gasteiger partial charge in [0.05, 0.1) is 13.7 Å². The first-order valence-electron chi connectivity index (χ1n) is 6.27. The van der Waals surface area contributed by atoms with E-state index >= 15 is 0 Å². The van der Waals surface area contributed by atoms with Gasteiger partial charge in [0, 0.05) is 18.0 Å². The van der Waals surface area contributed by atoms with Gasteiger partial charge in [-0.2, -0.15) is 0 Å². The Morgan fingerprint density at radius 1 is 1.25 bits per heavy atom. The maximum absolute atomic E-state index is 5.29. The maximum atomic E-state index is 5.29. The third kappa shape index (κ3) is 4.66. The lowest BCUT2D eigenvalue weighted by atomic mass is 10.3. The quantitative estimate of drug-likeness (QED) is 0.595. The van der Waals surface area contributed by atoms with E-state index in [-0.39, 0.29) is 0 Å². The van der Waals surface area contributed by atoms with Crippen molar-refractivity contribution in [1.29, 1.82) is 0 Å². The summed E-state index contributed by atoms with van der Waals surface area (Å²) in [5.74, 6) is 1.73. The topological polar surface area (TPSA) is 56.3 Å². The second kappa shape index (κ2) is 8.08. The van der Waals surface area contributed by atoms with Gasteiger partial charge in [0.15, 0.2) is 4.34 Å². The Labute approximate surface area is 126 Å². The lowest BCUT2D eigenvalue weighted by Gasteiger charge is -2.03. The van der Waals surface area contributed by atoms with Crippen molar-refractivity contribution in [3.63, 3.8) is 0 Å². The third-order valence-electron chi connectivity index (χ3n) is 2.41. The Hall–Kier alpha value is -1.31. The number of thioether (sulfide) groups is 1. The normalized spacial score (nSPS) is 10.5. The first-order valence-corrected chi connectivity index (χ1v) is 8.07. The van der Waals surface area contributed by atoms with Gasteiger partial charge in [0.2, 0.25) is 5.13 Å². The highest BCUT2D eigenvalue weighted by Gasteiger charge is 2.05. The zero-order chi connectivity index (χ0) is 14.2. The number of benzene rings is 1. The summed E-state index contributed by atoms with van der Waals surface area (Å²) in [7, 11) is 1.65. The molecule has 0 amide bonds. The van der Waals surface area contributed by atoms with E-state index in [0.29, 0.717) is 0 Å². The van der Waals surface area contributed by atoms with Gasteiger partial charge in [-0.05, 0) is 31.2 Å². The number of nitrogens with one attached hydrogen (secondary N) is 1. The smallest absolute Gasteiger partial charge is 0.210 e. The molecule has 0 fully saturated rings. The average Bonchev–Trinajstić information content (AvgIpc) is 2.92. The maximum Gasteiger partial charge on any atom is 0.210 e. The molecule has 5 nitrogen and oxygen atoms in total. The van der Waals surface area contributed by atoms with E-state index in [1.54, 1.807) is 18.9 Å². The molecular formula is C13H17N3O2S2. The Morgan fingerprint density at radius 3 is 2.75 bits per heavy atom. The molecule has 0 bridgehead atoms.